The molecule has 0 fully saturated rings. The number of ether oxygens (including phenoxy) is 6. The van der Waals surface area contributed by atoms with Crippen LogP contribution < -0.4 is 44.4 Å². The number of methoxy groups -OCH3 is 6. The van der Waals surface area contributed by atoms with Gasteiger partial charge in [-0.2, -0.15) is 0 Å². The van der Waals surface area contributed by atoms with Crippen LogP contribution >= 0.6 is 11.6 Å². The van der Waals surface area contributed by atoms with Gasteiger partial charge in [-0.1, -0.05) is 23.7 Å². The fraction of sp³-hybridized carbons (Fsp3) is 0.489. The lowest BCUT2D eigenvalue weighted by molar-refractivity contribution is 0.172. The van der Waals surface area contributed by atoms with Gasteiger partial charge in [0.2, 0.25) is 0 Å². The van der Waals surface area contributed by atoms with Crippen molar-refractivity contribution in [1.82, 2.24) is 16.0 Å². The van der Waals surface area contributed by atoms with E-state index < -0.39 is 0 Å². The van der Waals surface area contributed by atoms with E-state index in [4.69, 9.17) is 40.0 Å². The van der Waals surface area contributed by atoms with E-state index in [1.54, 1.807) is 42.7 Å². The fourth-order valence-electron chi connectivity index (χ4n) is 9.71. The highest BCUT2D eigenvalue weighted by molar-refractivity contribution is 6.30. The van der Waals surface area contributed by atoms with Crippen LogP contribution in [0.1, 0.15) is 95.6 Å². The van der Waals surface area contributed by atoms with Crippen molar-refractivity contribution in [3.63, 3.8) is 0 Å². The Bertz CT molecular complexity index is 1800. The van der Waals surface area contributed by atoms with Gasteiger partial charge in [-0.15, -0.1) is 0 Å². The van der Waals surface area contributed by atoms with Crippen LogP contribution in [0.5, 0.6) is 34.5 Å². The van der Waals surface area contributed by atoms with E-state index in [0.29, 0.717) is 0 Å². The van der Waals surface area contributed by atoms with Gasteiger partial charge in [0.25, 0.3) is 0 Å². The molecule has 0 radical (unpaired) electrons. The summed E-state index contributed by atoms with van der Waals surface area (Å²) in [6, 6.07) is 22.2. The molecule has 3 heterocycles. The average molecular weight is 798 g/mol. The molecule has 57 heavy (non-hydrogen) atoms. The van der Waals surface area contributed by atoms with Crippen molar-refractivity contribution in [2.24, 2.45) is 5.41 Å². The molecule has 0 spiro atoms. The maximum atomic E-state index is 6.47. The van der Waals surface area contributed by atoms with Crippen molar-refractivity contribution < 1.29 is 28.4 Å². The quantitative estimate of drug-likeness (QED) is 0.0970. The smallest absolute Gasteiger partial charge is 0.161 e. The summed E-state index contributed by atoms with van der Waals surface area (Å²) in [5, 5.41) is 12.5. The lowest BCUT2D eigenvalue weighted by Crippen LogP contribution is -2.36. The van der Waals surface area contributed by atoms with Crippen LogP contribution in [0.3, 0.4) is 0 Å². The van der Waals surface area contributed by atoms with E-state index in [-0.39, 0.29) is 23.5 Å². The van der Waals surface area contributed by atoms with Crippen LogP contribution in [0.4, 0.5) is 0 Å². The molecule has 0 saturated heterocycles. The average Bonchev–Trinajstić information content (AvgIpc) is 3.25. The molecule has 3 atom stereocenters. The third-order valence-electron chi connectivity index (χ3n) is 12.8. The van der Waals surface area contributed by atoms with E-state index in [0.717, 1.165) is 123 Å². The van der Waals surface area contributed by atoms with E-state index in [1.165, 1.54) is 38.9 Å². The third kappa shape index (κ3) is 9.12. The Morgan fingerprint density at radius 1 is 0.491 bits per heavy atom. The van der Waals surface area contributed by atoms with Crippen LogP contribution in [0.15, 0.2) is 60.7 Å². The van der Waals surface area contributed by atoms with Crippen molar-refractivity contribution in [3.05, 3.63) is 105 Å². The van der Waals surface area contributed by atoms with Gasteiger partial charge >= 0.3 is 0 Å². The van der Waals surface area contributed by atoms with Gasteiger partial charge in [0.1, 0.15) is 0 Å². The van der Waals surface area contributed by atoms with E-state index in [9.17, 15) is 0 Å². The Hall–Kier alpha value is -4.15. The Morgan fingerprint density at radius 3 is 1.12 bits per heavy atom. The molecule has 3 N–H and O–H groups in total. The molecule has 0 aliphatic carbocycles. The molecule has 0 amide bonds. The Labute approximate surface area is 344 Å². The summed E-state index contributed by atoms with van der Waals surface area (Å²) >= 11 is 6.47. The van der Waals surface area contributed by atoms with Gasteiger partial charge in [0, 0.05) is 23.1 Å². The number of benzene rings is 4. The highest BCUT2D eigenvalue weighted by Crippen LogP contribution is 2.47. The minimum atomic E-state index is -0.0324. The molecule has 4 aromatic rings. The molecule has 0 aromatic heterocycles. The van der Waals surface area contributed by atoms with Crippen LogP contribution in [0.2, 0.25) is 5.02 Å². The van der Waals surface area contributed by atoms with Crippen LogP contribution in [0, 0.1) is 5.41 Å². The summed E-state index contributed by atoms with van der Waals surface area (Å²) in [6.45, 7) is 2.79. The normalized spacial score (nSPS) is 19.7. The molecule has 10 heteroatoms. The predicted octanol–water partition coefficient (Wildman–Crippen LogP) is 8.92. The number of rotatable bonds is 17. The van der Waals surface area contributed by atoms with Crippen LogP contribution in [0.25, 0.3) is 0 Å². The van der Waals surface area contributed by atoms with Crippen molar-refractivity contribution >= 4 is 11.6 Å². The molecule has 7 rings (SSSR count). The molecule has 3 aliphatic rings. The van der Waals surface area contributed by atoms with Crippen LogP contribution in [-0.2, 0) is 25.7 Å². The summed E-state index contributed by atoms with van der Waals surface area (Å²) < 4.78 is 34.6. The number of hydrogen-bond acceptors (Lipinski definition) is 9. The van der Waals surface area contributed by atoms with Gasteiger partial charge in [0.05, 0.1) is 42.7 Å². The molecule has 9 nitrogen and oxygen atoms in total. The zero-order valence-electron chi connectivity index (χ0n) is 34.5. The summed E-state index contributed by atoms with van der Waals surface area (Å²) in [4.78, 5) is 0. The molecule has 3 unspecified atom stereocenters. The van der Waals surface area contributed by atoms with Crippen molar-refractivity contribution in [3.8, 4) is 34.5 Å². The second-order valence-electron chi connectivity index (χ2n) is 15.9. The molecule has 0 bridgehead atoms. The Kier molecular flexibility index (Phi) is 13.4. The zero-order valence-corrected chi connectivity index (χ0v) is 35.3. The first kappa shape index (κ1) is 41.0. The first-order chi connectivity index (χ1) is 27.8. The highest BCUT2D eigenvalue weighted by atomic mass is 35.5. The molecule has 4 aromatic carbocycles. The molecular weight excluding hydrogens is 738 g/mol. The largest absolute Gasteiger partial charge is 0.493 e. The summed E-state index contributed by atoms with van der Waals surface area (Å²) in [7, 11) is 10.3. The van der Waals surface area contributed by atoms with Gasteiger partial charge < -0.3 is 44.4 Å². The highest BCUT2D eigenvalue weighted by Gasteiger charge is 2.36. The van der Waals surface area contributed by atoms with E-state index in [1.807, 2.05) is 12.1 Å². The summed E-state index contributed by atoms with van der Waals surface area (Å²) in [5.74, 6) is 4.70. The second-order valence-corrected chi connectivity index (χ2v) is 16.3. The predicted molar refractivity (Wildman–Crippen MR) is 227 cm³/mol. The van der Waals surface area contributed by atoms with Gasteiger partial charge in [-0.05, 0) is 177 Å². The SMILES string of the molecule is COc1cc2c(cc1OC)C(CCC(CCC1NCCc3cc(OC)c(OC)cc31)(CCC1NCCc3cc(OC)c(OC)cc31)Cc1ccc(Cl)cc1)NCC2. The third-order valence-corrected chi connectivity index (χ3v) is 13.1. The summed E-state index contributed by atoms with van der Waals surface area (Å²) in [5.41, 5.74) is 9.22. The Balaban J connectivity index is 1.25. The number of nitrogens with one attached hydrogen (secondary N) is 3. The first-order valence-corrected chi connectivity index (χ1v) is 20.9. The second kappa shape index (κ2) is 18.6. The van der Waals surface area contributed by atoms with Crippen LogP contribution in [-0.4, -0.2) is 62.3 Å². The number of fused-ring (bicyclic) bond motifs is 3. The van der Waals surface area contributed by atoms with Gasteiger partial charge in [0.15, 0.2) is 34.5 Å². The topological polar surface area (TPSA) is 91.5 Å². The number of halogens is 1. The standard InChI is InChI=1S/C47H60ClN3O6/c1-52-41-23-31-14-20-49-38(35(31)26-44(41)55-4)11-17-47(29-30-7-9-34(48)10-8-30,18-12-39-36-27-45(56-5)42(53-2)24-32(36)15-21-50-39)19-13-40-37-28-46(57-6)43(54-3)25-33(37)16-22-51-40/h7-10,23-28,38-40,49-51H,11-22,29H2,1-6H3. The minimum Gasteiger partial charge on any atom is -0.493 e. The monoisotopic (exact) mass is 797 g/mol. The van der Waals surface area contributed by atoms with E-state index in [2.05, 4.69) is 64.5 Å². The molecule has 306 valence electrons. The van der Waals surface area contributed by atoms with Crippen molar-refractivity contribution in [2.75, 3.05) is 62.3 Å². The maximum Gasteiger partial charge on any atom is 0.161 e. The summed E-state index contributed by atoms with van der Waals surface area (Å²) in [6.07, 6.45) is 9.94. The van der Waals surface area contributed by atoms with E-state index >= 15 is 0 Å². The van der Waals surface area contributed by atoms with Gasteiger partial charge in [-0.3, -0.25) is 0 Å². The zero-order chi connectivity index (χ0) is 39.9. The maximum absolute atomic E-state index is 6.47. The van der Waals surface area contributed by atoms with Gasteiger partial charge in [-0.25, -0.2) is 0 Å². The molecule has 3 aliphatic heterocycles. The number of hydrogen-bond donors (Lipinski definition) is 3. The Morgan fingerprint density at radius 2 is 0.807 bits per heavy atom. The van der Waals surface area contributed by atoms with Crippen molar-refractivity contribution in [1.29, 1.82) is 0 Å². The first-order valence-electron chi connectivity index (χ1n) is 20.5. The molecular formula is C47H60ClN3O6. The molecule has 0 saturated carbocycles. The lowest BCUT2D eigenvalue weighted by Gasteiger charge is -2.40. The van der Waals surface area contributed by atoms with Crippen molar-refractivity contribution in [2.45, 2.75) is 82.3 Å². The minimum absolute atomic E-state index is 0.0324. The fourth-order valence-corrected chi connectivity index (χ4v) is 9.83. The lowest BCUT2D eigenvalue weighted by atomic mass is 9.68.